The van der Waals surface area contributed by atoms with E-state index in [-0.39, 0.29) is 29.8 Å². The lowest BCUT2D eigenvalue weighted by Crippen LogP contribution is -2.55. The molecule has 1 spiro atoms. The highest BCUT2D eigenvalue weighted by molar-refractivity contribution is 5.96. The van der Waals surface area contributed by atoms with Crippen LogP contribution in [0.15, 0.2) is 24.3 Å². The number of hydrogen-bond acceptors (Lipinski definition) is 5. The Bertz CT molecular complexity index is 1030. The van der Waals surface area contributed by atoms with E-state index in [4.69, 9.17) is 9.47 Å². The van der Waals surface area contributed by atoms with Gasteiger partial charge >= 0.3 is 5.97 Å². The van der Waals surface area contributed by atoms with E-state index in [0.29, 0.717) is 39.0 Å². The highest BCUT2D eigenvalue weighted by Crippen LogP contribution is 2.66. The molecule has 1 aromatic carbocycles. The first-order valence-corrected chi connectivity index (χ1v) is 12.5. The number of nitrogens with zero attached hydrogens (tertiary/aromatic N) is 2. The van der Waals surface area contributed by atoms with Crippen LogP contribution in [0.1, 0.15) is 58.4 Å². The van der Waals surface area contributed by atoms with Crippen molar-refractivity contribution in [2.75, 3.05) is 32.8 Å². The molecule has 4 fully saturated rings. The topological polar surface area (TPSA) is 76.2 Å². The third-order valence-electron chi connectivity index (χ3n) is 9.78. The van der Waals surface area contributed by atoms with Crippen molar-refractivity contribution in [2.45, 2.75) is 65.4 Å². The van der Waals surface area contributed by atoms with Gasteiger partial charge in [0, 0.05) is 31.6 Å². The molecule has 1 aliphatic carbocycles. The SMILES string of the molecule is Cc1ccccc1OCC(=O)N1CCC2(CC1)CCN(C(=O)C13CCC(C)(C(=O)O1)C3(C)C)C2. The lowest BCUT2D eigenvalue weighted by Gasteiger charge is -2.41. The molecule has 1 aromatic rings. The summed E-state index contributed by atoms with van der Waals surface area (Å²) >= 11 is 0. The summed E-state index contributed by atoms with van der Waals surface area (Å²) in [5, 5.41) is 0. The van der Waals surface area contributed by atoms with E-state index < -0.39 is 16.4 Å². The Morgan fingerprint density at radius 3 is 2.21 bits per heavy atom. The third-order valence-corrected chi connectivity index (χ3v) is 9.78. The molecule has 3 heterocycles. The van der Waals surface area contributed by atoms with Gasteiger partial charge in [-0.05, 0) is 63.0 Å². The second-order valence-electron chi connectivity index (χ2n) is 11.6. The van der Waals surface area contributed by atoms with Crippen molar-refractivity contribution in [3.8, 4) is 5.75 Å². The van der Waals surface area contributed by atoms with Gasteiger partial charge in [-0.15, -0.1) is 0 Å². The van der Waals surface area contributed by atoms with Crippen LogP contribution < -0.4 is 4.74 Å². The fraction of sp³-hybridized carbons (Fsp3) is 0.667. The van der Waals surface area contributed by atoms with Crippen molar-refractivity contribution in [2.24, 2.45) is 16.2 Å². The smallest absolute Gasteiger partial charge is 0.313 e. The highest BCUT2D eigenvalue weighted by Gasteiger charge is 2.76. The number of fused-ring (bicyclic) bond motifs is 2. The molecular formula is C27H36N2O5. The van der Waals surface area contributed by atoms with Crippen LogP contribution >= 0.6 is 0 Å². The summed E-state index contributed by atoms with van der Waals surface area (Å²) in [5.41, 5.74) is -1.09. The van der Waals surface area contributed by atoms with E-state index in [1.54, 1.807) is 0 Å². The summed E-state index contributed by atoms with van der Waals surface area (Å²) in [6.45, 7) is 10.7. The van der Waals surface area contributed by atoms with E-state index >= 15 is 0 Å². The zero-order chi connectivity index (χ0) is 24.4. The molecule has 7 heteroatoms. The number of carbonyl (C=O) groups is 3. The predicted molar refractivity (Wildman–Crippen MR) is 126 cm³/mol. The first-order valence-electron chi connectivity index (χ1n) is 12.5. The van der Waals surface area contributed by atoms with Crippen molar-refractivity contribution >= 4 is 17.8 Å². The Morgan fingerprint density at radius 1 is 0.971 bits per heavy atom. The minimum Gasteiger partial charge on any atom is -0.484 e. The summed E-state index contributed by atoms with van der Waals surface area (Å²) in [4.78, 5) is 42.9. The van der Waals surface area contributed by atoms with Gasteiger partial charge in [-0.1, -0.05) is 32.0 Å². The van der Waals surface area contributed by atoms with Crippen LogP contribution in [0.3, 0.4) is 0 Å². The Hall–Kier alpha value is -2.57. The van der Waals surface area contributed by atoms with Gasteiger partial charge in [0.25, 0.3) is 11.8 Å². The molecule has 34 heavy (non-hydrogen) atoms. The van der Waals surface area contributed by atoms with E-state index in [9.17, 15) is 14.4 Å². The Labute approximate surface area is 201 Å². The second-order valence-corrected chi connectivity index (χ2v) is 11.6. The molecule has 4 aliphatic rings. The first-order chi connectivity index (χ1) is 16.0. The number of amides is 2. The van der Waals surface area contributed by atoms with Crippen LogP contribution in [0.5, 0.6) is 5.75 Å². The zero-order valence-electron chi connectivity index (χ0n) is 20.8. The van der Waals surface area contributed by atoms with Gasteiger partial charge in [-0.3, -0.25) is 14.4 Å². The summed E-state index contributed by atoms with van der Waals surface area (Å²) in [7, 11) is 0. The lowest BCUT2D eigenvalue weighted by atomic mass is 9.66. The van der Waals surface area contributed by atoms with Crippen LogP contribution in [-0.2, 0) is 19.1 Å². The summed E-state index contributed by atoms with van der Waals surface area (Å²) in [6.07, 6.45) is 3.99. The van der Waals surface area contributed by atoms with E-state index in [0.717, 1.165) is 30.6 Å². The monoisotopic (exact) mass is 468 g/mol. The standard InChI is InChI=1S/C27H36N2O5/c1-19-7-5-6-8-20(19)33-17-21(30)28-14-11-26(12-15-28)13-16-29(18-26)22(31)27-10-9-25(4,23(32)34-27)24(27,2)3/h5-8H,9-18H2,1-4H3. The molecule has 2 bridgehead atoms. The van der Waals surface area contributed by atoms with Crippen molar-refractivity contribution in [1.29, 1.82) is 0 Å². The van der Waals surface area contributed by atoms with Crippen LogP contribution in [-0.4, -0.2) is 66.0 Å². The van der Waals surface area contributed by atoms with Crippen molar-refractivity contribution in [3.63, 3.8) is 0 Å². The quantitative estimate of drug-likeness (QED) is 0.634. The maximum Gasteiger partial charge on any atom is 0.313 e. The van der Waals surface area contributed by atoms with Crippen LogP contribution in [0.2, 0.25) is 0 Å². The molecule has 0 aromatic heterocycles. The summed E-state index contributed by atoms with van der Waals surface area (Å²) < 4.78 is 11.6. The van der Waals surface area contributed by atoms with E-state index in [2.05, 4.69) is 0 Å². The Morgan fingerprint density at radius 2 is 1.62 bits per heavy atom. The van der Waals surface area contributed by atoms with Crippen molar-refractivity contribution < 1.29 is 23.9 Å². The molecule has 0 N–H and O–H groups in total. The van der Waals surface area contributed by atoms with Gasteiger partial charge in [-0.25, -0.2) is 0 Å². The molecule has 3 aliphatic heterocycles. The normalized spacial score (nSPS) is 31.1. The third kappa shape index (κ3) is 3.18. The molecule has 2 atom stereocenters. The maximum atomic E-state index is 13.7. The van der Waals surface area contributed by atoms with Gasteiger partial charge in [-0.2, -0.15) is 0 Å². The lowest BCUT2D eigenvalue weighted by molar-refractivity contribution is -0.173. The van der Waals surface area contributed by atoms with Crippen LogP contribution in [0.25, 0.3) is 0 Å². The number of rotatable bonds is 4. The predicted octanol–water partition coefficient (Wildman–Crippen LogP) is 3.34. The van der Waals surface area contributed by atoms with Gasteiger partial charge in [0.1, 0.15) is 5.75 Å². The average Bonchev–Trinajstić information content (AvgIpc) is 3.36. The number of piperidine rings is 1. The highest BCUT2D eigenvalue weighted by atomic mass is 16.6. The maximum absolute atomic E-state index is 13.7. The fourth-order valence-corrected chi connectivity index (χ4v) is 6.67. The largest absolute Gasteiger partial charge is 0.484 e. The Balaban J connectivity index is 1.18. The molecule has 1 saturated carbocycles. The van der Waals surface area contributed by atoms with Gasteiger partial charge in [0.2, 0.25) is 0 Å². The van der Waals surface area contributed by atoms with Crippen molar-refractivity contribution in [1.82, 2.24) is 9.80 Å². The van der Waals surface area contributed by atoms with E-state index in [1.807, 2.05) is 61.8 Å². The Kier molecular flexibility index (Phi) is 5.26. The minimum atomic E-state index is -1.03. The molecule has 7 nitrogen and oxygen atoms in total. The van der Waals surface area contributed by atoms with Gasteiger partial charge in [0.15, 0.2) is 12.2 Å². The van der Waals surface area contributed by atoms with Crippen LogP contribution in [0.4, 0.5) is 0 Å². The molecule has 5 rings (SSSR count). The van der Waals surface area contributed by atoms with Crippen LogP contribution in [0, 0.1) is 23.2 Å². The van der Waals surface area contributed by atoms with Gasteiger partial charge < -0.3 is 19.3 Å². The number of likely N-dealkylation sites (tertiary alicyclic amines) is 2. The average molecular weight is 469 g/mol. The second kappa shape index (κ2) is 7.72. The fourth-order valence-electron chi connectivity index (χ4n) is 6.67. The molecule has 0 radical (unpaired) electrons. The summed E-state index contributed by atoms with van der Waals surface area (Å²) in [5.74, 6) is 0.500. The number of para-hydroxylation sites is 1. The van der Waals surface area contributed by atoms with Crippen molar-refractivity contribution in [3.05, 3.63) is 29.8 Å². The molecule has 184 valence electrons. The summed E-state index contributed by atoms with van der Waals surface area (Å²) in [6, 6.07) is 7.71. The minimum absolute atomic E-state index is 0.00720. The van der Waals surface area contributed by atoms with E-state index in [1.165, 1.54) is 0 Å². The van der Waals surface area contributed by atoms with Gasteiger partial charge in [0.05, 0.1) is 5.41 Å². The number of benzene rings is 1. The molecule has 3 saturated heterocycles. The molecule has 2 unspecified atom stereocenters. The molecule has 2 amide bonds. The zero-order valence-corrected chi connectivity index (χ0v) is 20.8. The number of ether oxygens (including phenoxy) is 2. The number of hydrogen-bond donors (Lipinski definition) is 0. The number of carbonyl (C=O) groups excluding carboxylic acids is 3. The number of esters is 1. The number of aryl methyl sites for hydroxylation is 1. The first kappa shape index (κ1) is 23.2. The molecular weight excluding hydrogens is 432 g/mol.